The van der Waals surface area contributed by atoms with Gasteiger partial charge in [-0.15, -0.1) is 0 Å². The fourth-order valence-electron chi connectivity index (χ4n) is 3.98. The first kappa shape index (κ1) is 31.9. The van der Waals surface area contributed by atoms with Gasteiger partial charge >= 0.3 is 5.97 Å². The molecule has 2 aromatic rings. The first-order valence-corrected chi connectivity index (χ1v) is 13.1. The summed E-state index contributed by atoms with van der Waals surface area (Å²) in [6, 6.07) is 12.7. The van der Waals surface area contributed by atoms with Crippen molar-refractivity contribution in [3.05, 3.63) is 71.8 Å². The highest BCUT2D eigenvalue weighted by Crippen LogP contribution is 2.08. The Morgan fingerprint density at radius 2 is 1.18 bits per heavy atom. The maximum Gasteiger partial charge on any atom is 0.326 e. The van der Waals surface area contributed by atoms with Crippen LogP contribution in [0.3, 0.4) is 0 Å². The number of carbonyl (C=O) groups is 5. The van der Waals surface area contributed by atoms with Crippen LogP contribution in [0, 0.1) is 0 Å². The summed E-state index contributed by atoms with van der Waals surface area (Å²) in [5.74, 6) is -4.40. The van der Waals surface area contributed by atoms with Gasteiger partial charge in [0.2, 0.25) is 23.6 Å². The van der Waals surface area contributed by atoms with E-state index in [4.69, 9.17) is 17.2 Å². The third kappa shape index (κ3) is 11.2. The van der Waals surface area contributed by atoms with Crippen molar-refractivity contribution in [3.8, 4) is 0 Å². The van der Waals surface area contributed by atoms with Crippen molar-refractivity contribution in [2.45, 2.75) is 62.7 Å². The van der Waals surface area contributed by atoms with Gasteiger partial charge in [-0.2, -0.15) is 0 Å². The second-order valence-electron chi connectivity index (χ2n) is 9.46. The van der Waals surface area contributed by atoms with Gasteiger partial charge in [0.15, 0.2) is 0 Å². The molecule has 0 bridgehead atoms. The van der Waals surface area contributed by atoms with Crippen molar-refractivity contribution in [2.75, 3.05) is 6.54 Å². The van der Waals surface area contributed by atoms with Crippen molar-refractivity contribution >= 4 is 29.6 Å². The Balaban J connectivity index is 2.19. The molecule has 4 atom stereocenters. The minimum Gasteiger partial charge on any atom is -0.480 e. The van der Waals surface area contributed by atoms with Crippen LogP contribution in [0.15, 0.2) is 60.7 Å². The summed E-state index contributed by atoms with van der Waals surface area (Å²) in [6.45, 7) is 0.463. The van der Waals surface area contributed by atoms with Crippen LogP contribution in [-0.2, 0) is 36.8 Å². The monoisotopic (exact) mass is 554 g/mol. The molecule has 0 spiro atoms. The average Bonchev–Trinajstić information content (AvgIpc) is 2.92. The van der Waals surface area contributed by atoms with Crippen LogP contribution in [0.2, 0.25) is 0 Å². The number of nitrogens with two attached hydrogens (primary N) is 3. The van der Waals surface area contributed by atoms with Crippen molar-refractivity contribution < 1.29 is 29.1 Å². The molecule has 0 saturated heterocycles. The molecule has 0 heterocycles. The molecule has 2 rings (SSSR count). The van der Waals surface area contributed by atoms with Crippen LogP contribution in [0.1, 0.15) is 36.8 Å². The molecule has 0 aliphatic carbocycles. The van der Waals surface area contributed by atoms with E-state index >= 15 is 0 Å². The molecule has 40 heavy (non-hydrogen) atoms. The summed E-state index contributed by atoms with van der Waals surface area (Å²) in [5, 5.41) is 17.1. The highest BCUT2D eigenvalue weighted by atomic mass is 16.4. The molecule has 12 nitrogen and oxygen atoms in total. The Morgan fingerprint density at radius 3 is 1.68 bits per heavy atom. The first-order chi connectivity index (χ1) is 19.1. The molecule has 216 valence electrons. The van der Waals surface area contributed by atoms with Crippen molar-refractivity contribution in [3.63, 3.8) is 0 Å². The van der Waals surface area contributed by atoms with E-state index in [0.29, 0.717) is 31.4 Å². The summed E-state index contributed by atoms with van der Waals surface area (Å²) >= 11 is 0. The number of hydrogen-bond donors (Lipinski definition) is 7. The molecule has 0 aliphatic rings. The number of carboxylic acid groups (broad SMARTS) is 1. The van der Waals surface area contributed by atoms with Gasteiger partial charge in [0.1, 0.15) is 18.1 Å². The minimum absolute atomic E-state index is 0.0200. The number of benzene rings is 2. The molecule has 0 radical (unpaired) electrons. The number of primary amides is 1. The summed E-state index contributed by atoms with van der Waals surface area (Å²) < 4.78 is 0. The number of rotatable bonds is 17. The lowest BCUT2D eigenvalue weighted by Gasteiger charge is -2.25. The fourth-order valence-corrected chi connectivity index (χ4v) is 3.98. The van der Waals surface area contributed by atoms with Gasteiger partial charge in [-0.3, -0.25) is 19.2 Å². The Morgan fingerprint density at radius 1 is 0.700 bits per heavy atom. The second kappa shape index (κ2) is 16.6. The molecule has 0 saturated carbocycles. The van der Waals surface area contributed by atoms with Gasteiger partial charge in [0, 0.05) is 12.8 Å². The Kier molecular flexibility index (Phi) is 13.3. The zero-order chi connectivity index (χ0) is 29.5. The zero-order valence-electron chi connectivity index (χ0n) is 22.3. The van der Waals surface area contributed by atoms with Gasteiger partial charge in [-0.1, -0.05) is 67.1 Å². The molecule has 10 N–H and O–H groups in total. The van der Waals surface area contributed by atoms with Gasteiger partial charge in [-0.05, 0) is 30.5 Å². The topological polar surface area (TPSA) is 220 Å². The largest absolute Gasteiger partial charge is 0.480 e. The summed E-state index contributed by atoms with van der Waals surface area (Å²) in [5.41, 5.74) is 18.2. The van der Waals surface area contributed by atoms with Gasteiger partial charge < -0.3 is 38.3 Å². The third-order valence-corrected chi connectivity index (χ3v) is 6.16. The van der Waals surface area contributed by atoms with Crippen molar-refractivity contribution in [1.82, 2.24) is 16.0 Å². The first-order valence-electron chi connectivity index (χ1n) is 13.1. The lowest BCUT2D eigenvalue weighted by Crippen LogP contribution is -2.58. The van der Waals surface area contributed by atoms with E-state index in [-0.39, 0.29) is 12.8 Å². The Hall–Kier alpha value is -4.29. The van der Waals surface area contributed by atoms with Gasteiger partial charge in [0.25, 0.3) is 0 Å². The Bertz CT molecular complexity index is 1130. The number of carboxylic acids is 1. The SMILES string of the molecule is NCCCCC(N)C(=O)NC(Cc1ccccc1)C(=O)NC(CC(N)=O)C(=O)NC(Cc1ccccc1)C(=O)O. The third-order valence-electron chi connectivity index (χ3n) is 6.16. The lowest BCUT2D eigenvalue weighted by atomic mass is 10.0. The van der Waals surface area contributed by atoms with Crippen LogP contribution in [-0.4, -0.2) is 65.4 Å². The predicted octanol–water partition coefficient (Wildman–Crippen LogP) is -0.657. The number of nitrogens with one attached hydrogen (secondary N) is 3. The normalized spacial score (nSPS) is 13.8. The second-order valence-corrected chi connectivity index (χ2v) is 9.46. The molecule has 0 aromatic heterocycles. The maximum absolute atomic E-state index is 13.3. The zero-order valence-corrected chi connectivity index (χ0v) is 22.3. The molecule has 0 aliphatic heterocycles. The fraction of sp³-hybridized carbons (Fsp3) is 0.393. The van der Waals surface area contributed by atoms with Crippen LogP contribution < -0.4 is 33.2 Å². The molecular formula is C28H38N6O6. The highest BCUT2D eigenvalue weighted by Gasteiger charge is 2.31. The average molecular weight is 555 g/mol. The maximum atomic E-state index is 13.3. The molecule has 2 aromatic carbocycles. The van der Waals surface area contributed by atoms with Crippen molar-refractivity contribution in [1.29, 1.82) is 0 Å². The number of aliphatic carboxylic acids is 1. The quantitative estimate of drug-likeness (QED) is 0.124. The molecule has 4 amide bonds. The number of carbonyl (C=O) groups excluding carboxylic acids is 4. The van der Waals surface area contributed by atoms with Crippen LogP contribution in [0.25, 0.3) is 0 Å². The standard InChI is InChI=1S/C28H38N6O6/c29-14-8-7-13-20(30)25(36)32-21(15-18-9-3-1-4-10-18)26(37)33-22(17-24(31)35)27(38)34-23(28(39)40)16-19-11-5-2-6-12-19/h1-6,9-12,20-23H,7-8,13-17,29-30H2,(H2,31,35)(H,32,36)(H,33,37)(H,34,38)(H,39,40). The van der Waals surface area contributed by atoms with E-state index < -0.39 is 60.2 Å². The summed E-state index contributed by atoms with van der Waals surface area (Å²) in [4.78, 5) is 62.7. The van der Waals surface area contributed by atoms with E-state index in [1.165, 1.54) is 0 Å². The highest BCUT2D eigenvalue weighted by molar-refractivity contribution is 5.96. The lowest BCUT2D eigenvalue weighted by molar-refractivity contribution is -0.142. The Labute approximate surface area is 233 Å². The molecule has 12 heteroatoms. The van der Waals surface area contributed by atoms with E-state index in [1.54, 1.807) is 60.7 Å². The van der Waals surface area contributed by atoms with Gasteiger partial charge in [0.05, 0.1) is 12.5 Å². The van der Waals surface area contributed by atoms with E-state index in [9.17, 15) is 29.1 Å². The number of unbranched alkanes of at least 4 members (excludes halogenated alkanes) is 1. The minimum atomic E-state index is -1.48. The van der Waals surface area contributed by atoms with Crippen LogP contribution in [0.4, 0.5) is 0 Å². The van der Waals surface area contributed by atoms with E-state index in [1.807, 2.05) is 0 Å². The molecular weight excluding hydrogens is 516 g/mol. The summed E-state index contributed by atoms with van der Waals surface area (Å²) in [7, 11) is 0. The van der Waals surface area contributed by atoms with Gasteiger partial charge in [-0.25, -0.2) is 4.79 Å². The van der Waals surface area contributed by atoms with E-state index in [2.05, 4.69) is 16.0 Å². The van der Waals surface area contributed by atoms with E-state index in [0.717, 1.165) is 5.56 Å². The number of hydrogen-bond acceptors (Lipinski definition) is 7. The smallest absolute Gasteiger partial charge is 0.326 e. The predicted molar refractivity (Wildman–Crippen MR) is 148 cm³/mol. The molecule has 4 unspecified atom stereocenters. The molecule has 0 fully saturated rings. The summed E-state index contributed by atoms with van der Waals surface area (Å²) in [6.07, 6.45) is 1.17. The van der Waals surface area contributed by atoms with Crippen LogP contribution >= 0.6 is 0 Å². The van der Waals surface area contributed by atoms with Crippen LogP contribution in [0.5, 0.6) is 0 Å². The van der Waals surface area contributed by atoms with Crippen molar-refractivity contribution in [2.24, 2.45) is 17.2 Å². The number of amides is 4.